The maximum absolute atomic E-state index is 12.4. The number of anilines is 2. The Balaban J connectivity index is 1.76. The van der Waals surface area contributed by atoms with Crippen LogP contribution in [0.15, 0.2) is 29.6 Å². The molecule has 2 heterocycles. The van der Waals surface area contributed by atoms with Crippen LogP contribution in [0.1, 0.15) is 28.9 Å². The van der Waals surface area contributed by atoms with E-state index < -0.39 is 0 Å². The number of benzene rings is 1. The number of piperidine rings is 1. The van der Waals surface area contributed by atoms with Gasteiger partial charge in [0.15, 0.2) is 0 Å². The van der Waals surface area contributed by atoms with E-state index in [-0.39, 0.29) is 12.5 Å². The summed E-state index contributed by atoms with van der Waals surface area (Å²) in [5.41, 5.74) is 3.25. The smallest absolute Gasteiger partial charge is 0.258 e. The molecule has 1 aliphatic heterocycles. The number of rotatable bonds is 4. The Labute approximate surface area is 140 Å². The van der Waals surface area contributed by atoms with Crippen LogP contribution in [-0.2, 0) is 0 Å². The lowest BCUT2D eigenvalue weighted by Crippen LogP contribution is -2.35. The average molecular weight is 331 g/mol. The highest BCUT2D eigenvalue weighted by atomic mass is 32.1. The fourth-order valence-electron chi connectivity index (χ4n) is 2.91. The molecule has 0 unspecified atom stereocenters. The van der Waals surface area contributed by atoms with E-state index in [4.69, 9.17) is 0 Å². The number of aliphatic hydroxyl groups excluding tert-OH is 1. The Kier molecular flexibility index (Phi) is 4.93. The van der Waals surface area contributed by atoms with Crippen molar-refractivity contribution in [2.45, 2.75) is 19.8 Å². The van der Waals surface area contributed by atoms with Gasteiger partial charge in [-0.3, -0.25) is 4.79 Å². The van der Waals surface area contributed by atoms with Crippen LogP contribution in [0.25, 0.3) is 0 Å². The first kappa shape index (κ1) is 16.0. The molecule has 6 heteroatoms. The quantitative estimate of drug-likeness (QED) is 0.904. The molecule has 0 saturated carbocycles. The fourth-order valence-corrected chi connectivity index (χ4v) is 3.60. The zero-order valence-corrected chi connectivity index (χ0v) is 14.0. The maximum Gasteiger partial charge on any atom is 0.258 e. The highest BCUT2D eigenvalue weighted by Gasteiger charge is 2.21. The number of aryl methyl sites for hydroxylation is 1. The summed E-state index contributed by atoms with van der Waals surface area (Å²) in [5, 5.41) is 14.1. The van der Waals surface area contributed by atoms with Gasteiger partial charge < -0.3 is 15.3 Å². The topological polar surface area (TPSA) is 65.5 Å². The predicted octanol–water partition coefficient (Wildman–Crippen LogP) is 2.91. The second kappa shape index (κ2) is 7.10. The minimum absolute atomic E-state index is 0.117. The Morgan fingerprint density at radius 3 is 2.78 bits per heavy atom. The largest absolute Gasteiger partial charge is 0.396 e. The van der Waals surface area contributed by atoms with Crippen molar-refractivity contribution in [1.82, 2.24) is 4.37 Å². The van der Waals surface area contributed by atoms with Crippen molar-refractivity contribution in [1.29, 1.82) is 0 Å². The molecule has 122 valence electrons. The van der Waals surface area contributed by atoms with E-state index in [1.165, 1.54) is 11.5 Å². The van der Waals surface area contributed by atoms with Crippen LogP contribution < -0.4 is 10.2 Å². The van der Waals surface area contributed by atoms with Crippen molar-refractivity contribution >= 4 is 28.8 Å². The summed E-state index contributed by atoms with van der Waals surface area (Å²) < 4.78 is 4.16. The van der Waals surface area contributed by atoms with Crippen molar-refractivity contribution in [3.05, 3.63) is 40.9 Å². The zero-order chi connectivity index (χ0) is 16.2. The lowest BCUT2D eigenvalue weighted by Gasteiger charge is -2.34. The molecule has 0 radical (unpaired) electrons. The lowest BCUT2D eigenvalue weighted by atomic mass is 9.97. The molecule has 0 atom stereocenters. The number of amides is 1. The summed E-state index contributed by atoms with van der Waals surface area (Å²) in [6, 6.07) is 7.88. The Morgan fingerprint density at radius 2 is 2.13 bits per heavy atom. The number of para-hydroxylation sites is 2. The number of aliphatic hydroxyl groups is 1. The summed E-state index contributed by atoms with van der Waals surface area (Å²) >= 11 is 1.30. The van der Waals surface area contributed by atoms with Crippen LogP contribution in [-0.4, -0.2) is 35.1 Å². The molecule has 0 aliphatic carbocycles. The van der Waals surface area contributed by atoms with Crippen LogP contribution >= 0.6 is 11.5 Å². The van der Waals surface area contributed by atoms with Crippen LogP contribution in [0.5, 0.6) is 0 Å². The van der Waals surface area contributed by atoms with Crippen LogP contribution in [0, 0.1) is 12.8 Å². The van der Waals surface area contributed by atoms with Gasteiger partial charge in [-0.15, -0.1) is 0 Å². The van der Waals surface area contributed by atoms with Gasteiger partial charge >= 0.3 is 0 Å². The molecule has 1 aromatic carbocycles. The van der Waals surface area contributed by atoms with E-state index in [0.717, 1.165) is 43.0 Å². The summed E-state index contributed by atoms with van der Waals surface area (Å²) in [4.78, 5) is 14.7. The van der Waals surface area contributed by atoms with Gasteiger partial charge in [0.2, 0.25) is 0 Å². The molecule has 0 bridgehead atoms. The van der Waals surface area contributed by atoms with Gasteiger partial charge in [-0.05, 0) is 49.3 Å². The minimum atomic E-state index is -0.117. The number of nitrogens with one attached hydrogen (secondary N) is 1. The summed E-state index contributed by atoms with van der Waals surface area (Å²) in [6.45, 7) is 3.90. The van der Waals surface area contributed by atoms with E-state index in [1.54, 1.807) is 5.38 Å². The third kappa shape index (κ3) is 3.54. The number of hydrogen-bond donors (Lipinski definition) is 2. The van der Waals surface area contributed by atoms with Gasteiger partial charge in [0.05, 0.1) is 22.6 Å². The molecular formula is C17H21N3O2S. The first-order valence-corrected chi connectivity index (χ1v) is 8.70. The number of carbonyl (C=O) groups is 1. The second-order valence-electron chi connectivity index (χ2n) is 5.90. The van der Waals surface area contributed by atoms with Gasteiger partial charge in [-0.2, -0.15) is 4.37 Å². The number of carbonyl (C=O) groups excluding carboxylic acids is 1. The van der Waals surface area contributed by atoms with Gasteiger partial charge in [0, 0.05) is 25.1 Å². The number of aromatic nitrogens is 1. The first-order chi connectivity index (χ1) is 11.2. The van der Waals surface area contributed by atoms with Gasteiger partial charge in [0.25, 0.3) is 5.91 Å². The SMILES string of the molecule is Cc1nscc1C(=O)Nc1ccccc1N1CCC(CO)CC1. The summed E-state index contributed by atoms with van der Waals surface area (Å²) in [7, 11) is 0. The molecule has 1 fully saturated rings. The molecule has 1 amide bonds. The van der Waals surface area contributed by atoms with Gasteiger partial charge in [-0.25, -0.2) is 0 Å². The molecule has 5 nitrogen and oxygen atoms in total. The monoisotopic (exact) mass is 331 g/mol. The molecule has 1 aromatic heterocycles. The maximum atomic E-state index is 12.4. The van der Waals surface area contributed by atoms with Crippen LogP contribution in [0.4, 0.5) is 11.4 Å². The Bertz CT molecular complexity index is 678. The highest BCUT2D eigenvalue weighted by Crippen LogP contribution is 2.30. The third-order valence-corrected chi connectivity index (χ3v) is 5.08. The second-order valence-corrected chi connectivity index (χ2v) is 6.53. The van der Waals surface area contributed by atoms with Crippen molar-refractivity contribution in [3.8, 4) is 0 Å². The highest BCUT2D eigenvalue weighted by molar-refractivity contribution is 7.04. The molecule has 3 rings (SSSR count). The van der Waals surface area contributed by atoms with Crippen LogP contribution in [0.2, 0.25) is 0 Å². The van der Waals surface area contributed by atoms with E-state index in [1.807, 2.05) is 31.2 Å². The fraction of sp³-hybridized carbons (Fsp3) is 0.412. The average Bonchev–Trinajstić information content (AvgIpc) is 3.02. The summed E-state index contributed by atoms with van der Waals surface area (Å²) in [5.74, 6) is 0.279. The summed E-state index contributed by atoms with van der Waals surface area (Å²) in [6.07, 6.45) is 1.96. The molecule has 2 aromatic rings. The van der Waals surface area contributed by atoms with Crippen molar-refractivity contribution in [2.24, 2.45) is 5.92 Å². The van der Waals surface area contributed by atoms with E-state index in [2.05, 4.69) is 14.6 Å². The number of nitrogens with zero attached hydrogens (tertiary/aromatic N) is 2. The Morgan fingerprint density at radius 1 is 1.39 bits per heavy atom. The molecule has 2 N–H and O–H groups in total. The lowest BCUT2D eigenvalue weighted by molar-refractivity contribution is 0.102. The minimum Gasteiger partial charge on any atom is -0.396 e. The molecule has 0 spiro atoms. The zero-order valence-electron chi connectivity index (χ0n) is 13.2. The molecular weight excluding hydrogens is 310 g/mol. The molecule has 1 saturated heterocycles. The van der Waals surface area contributed by atoms with Crippen molar-refractivity contribution in [3.63, 3.8) is 0 Å². The van der Waals surface area contributed by atoms with E-state index >= 15 is 0 Å². The predicted molar refractivity (Wildman–Crippen MR) is 93.3 cm³/mol. The van der Waals surface area contributed by atoms with Gasteiger partial charge in [-0.1, -0.05) is 12.1 Å². The molecule has 23 heavy (non-hydrogen) atoms. The first-order valence-electron chi connectivity index (χ1n) is 7.86. The van der Waals surface area contributed by atoms with Crippen molar-refractivity contribution < 1.29 is 9.90 Å². The van der Waals surface area contributed by atoms with Gasteiger partial charge in [0.1, 0.15) is 0 Å². The third-order valence-electron chi connectivity index (χ3n) is 4.36. The van der Waals surface area contributed by atoms with E-state index in [9.17, 15) is 9.90 Å². The van der Waals surface area contributed by atoms with Crippen LogP contribution in [0.3, 0.4) is 0 Å². The van der Waals surface area contributed by atoms with E-state index in [0.29, 0.717) is 11.5 Å². The molecule has 1 aliphatic rings. The normalized spacial score (nSPS) is 15.7. The number of hydrogen-bond acceptors (Lipinski definition) is 5. The Hall–Kier alpha value is -1.92. The van der Waals surface area contributed by atoms with Crippen molar-refractivity contribution in [2.75, 3.05) is 29.9 Å². The standard InChI is InChI=1S/C17H21N3O2S/c1-12-14(11-23-19-12)17(22)18-15-4-2-3-5-16(15)20-8-6-13(10-21)7-9-20/h2-5,11,13,21H,6-10H2,1H3,(H,18,22).